The number of Topliss-reactive ketones (excluding diaryl/α,β-unsaturated/α-hetero) is 1. The van der Waals surface area contributed by atoms with Crippen LogP contribution in [-0.2, 0) is 10.5 Å². The van der Waals surface area contributed by atoms with Crippen molar-refractivity contribution < 1.29 is 19.1 Å². The van der Waals surface area contributed by atoms with Gasteiger partial charge in [0.2, 0.25) is 5.91 Å². The number of nitrogens with one attached hydrogen (secondary N) is 1. The van der Waals surface area contributed by atoms with Gasteiger partial charge in [0.15, 0.2) is 5.78 Å². The lowest BCUT2D eigenvalue weighted by atomic mass is 10.1. The van der Waals surface area contributed by atoms with Crippen molar-refractivity contribution in [3.8, 4) is 11.5 Å². The van der Waals surface area contributed by atoms with Crippen LogP contribution in [0.4, 0.5) is 5.69 Å². The number of halogens is 1. The van der Waals surface area contributed by atoms with Gasteiger partial charge in [-0.15, -0.1) is 11.8 Å². The lowest BCUT2D eigenvalue weighted by Crippen LogP contribution is -2.14. The van der Waals surface area contributed by atoms with Gasteiger partial charge in [0.1, 0.15) is 11.5 Å². The van der Waals surface area contributed by atoms with Crippen molar-refractivity contribution in [1.29, 1.82) is 0 Å². The van der Waals surface area contributed by atoms with E-state index in [0.717, 1.165) is 11.3 Å². The van der Waals surface area contributed by atoms with Crippen LogP contribution < -0.4 is 14.8 Å². The molecule has 1 N–H and O–H groups in total. The number of ether oxygens (including phenoxy) is 2. The summed E-state index contributed by atoms with van der Waals surface area (Å²) in [5.74, 6) is 1.97. The molecule has 2 aromatic rings. The van der Waals surface area contributed by atoms with E-state index >= 15 is 0 Å². The Labute approximate surface area is 168 Å². The Kier molecular flexibility index (Phi) is 8.00. The third kappa shape index (κ3) is 6.19. The van der Waals surface area contributed by atoms with Crippen LogP contribution in [0, 0.1) is 0 Å². The minimum absolute atomic E-state index is 0.00146. The number of rotatable bonds is 9. The molecule has 27 heavy (non-hydrogen) atoms. The number of methoxy groups -OCH3 is 1. The molecule has 0 fully saturated rings. The highest BCUT2D eigenvalue weighted by molar-refractivity contribution is 7.99. The first-order valence-corrected chi connectivity index (χ1v) is 9.95. The van der Waals surface area contributed by atoms with Crippen molar-refractivity contribution in [2.24, 2.45) is 0 Å². The van der Waals surface area contributed by atoms with E-state index in [0.29, 0.717) is 34.4 Å². The Hall–Kier alpha value is -2.18. The SMILES string of the molecule is CCOc1ccc(C(C)=O)cc1CSCC(=O)Nc1ccc(OC)c(Cl)c1. The average Bonchev–Trinajstić information content (AvgIpc) is 2.63. The predicted molar refractivity (Wildman–Crippen MR) is 110 cm³/mol. The summed E-state index contributed by atoms with van der Waals surface area (Å²) >= 11 is 7.51. The third-order valence-electron chi connectivity index (χ3n) is 3.69. The van der Waals surface area contributed by atoms with Crippen molar-refractivity contribution in [2.75, 3.05) is 24.8 Å². The summed E-state index contributed by atoms with van der Waals surface area (Å²) in [6.07, 6.45) is 0. The molecule has 0 aliphatic rings. The number of carbonyl (C=O) groups is 2. The number of amides is 1. The van der Waals surface area contributed by atoms with Gasteiger partial charge in [0.25, 0.3) is 0 Å². The van der Waals surface area contributed by atoms with Gasteiger partial charge in [-0.3, -0.25) is 9.59 Å². The van der Waals surface area contributed by atoms with Gasteiger partial charge in [0.05, 0.1) is 24.5 Å². The maximum atomic E-state index is 12.2. The number of hydrogen-bond donors (Lipinski definition) is 1. The number of carbonyl (C=O) groups excluding carboxylic acids is 2. The smallest absolute Gasteiger partial charge is 0.234 e. The first kappa shape index (κ1) is 21.1. The Balaban J connectivity index is 1.95. The van der Waals surface area contributed by atoms with Crippen LogP contribution in [0.5, 0.6) is 11.5 Å². The Morgan fingerprint density at radius 2 is 1.89 bits per heavy atom. The summed E-state index contributed by atoms with van der Waals surface area (Å²) in [7, 11) is 1.54. The van der Waals surface area contributed by atoms with Crippen LogP contribution in [0.1, 0.15) is 29.8 Å². The minimum atomic E-state index is -0.137. The highest BCUT2D eigenvalue weighted by atomic mass is 35.5. The second-order valence-corrected chi connectivity index (χ2v) is 7.09. The maximum Gasteiger partial charge on any atom is 0.234 e. The first-order chi connectivity index (χ1) is 12.9. The average molecular weight is 408 g/mol. The highest BCUT2D eigenvalue weighted by Crippen LogP contribution is 2.28. The zero-order valence-electron chi connectivity index (χ0n) is 15.5. The van der Waals surface area contributed by atoms with Gasteiger partial charge in [-0.05, 0) is 50.2 Å². The molecule has 7 heteroatoms. The Morgan fingerprint density at radius 3 is 2.52 bits per heavy atom. The molecule has 1 amide bonds. The fraction of sp³-hybridized carbons (Fsp3) is 0.300. The molecule has 2 aromatic carbocycles. The van der Waals surface area contributed by atoms with Crippen LogP contribution in [0.3, 0.4) is 0 Å². The Morgan fingerprint density at radius 1 is 1.15 bits per heavy atom. The number of anilines is 1. The topological polar surface area (TPSA) is 64.6 Å². The van der Waals surface area contributed by atoms with E-state index in [2.05, 4.69) is 5.32 Å². The van der Waals surface area contributed by atoms with Crippen LogP contribution in [-0.4, -0.2) is 31.2 Å². The zero-order valence-corrected chi connectivity index (χ0v) is 17.1. The third-order valence-corrected chi connectivity index (χ3v) is 4.97. The molecule has 0 unspecified atom stereocenters. The van der Waals surface area contributed by atoms with Crippen LogP contribution in [0.2, 0.25) is 5.02 Å². The summed E-state index contributed by atoms with van der Waals surface area (Å²) in [4.78, 5) is 23.8. The lowest BCUT2D eigenvalue weighted by molar-refractivity contribution is -0.113. The molecule has 0 saturated carbocycles. The van der Waals surface area contributed by atoms with Crippen molar-refractivity contribution in [2.45, 2.75) is 19.6 Å². The molecule has 0 saturated heterocycles. The molecule has 144 valence electrons. The van der Waals surface area contributed by atoms with E-state index in [1.54, 1.807) is 30.3 Å². The summed E-state index contributed by atoms with van der Waals surface area (Å²) in [6.45, 7) is 3.97. The molecule has 0 aliphatic carbocycles. The van der Waals surface area contributed by atoms with Gasteiger partial charge >= 0.3 is 0 Å². The van der Waals surface area contributed by atoms with Gasteiger partial charge < -0.3 is 14.8 Å². The van der Waals surface area contributed by atoms with Crippen LogP contribution in [0.25, 0.3) is 0 Å². The molecule has 2 rings (SSSR count). The molecule has 0 aliphatic heterocycles. The minimum Gasteiger partial charge on any atom is -0.495 e. The van der Waals surface area contributed by atoms with E-state index < -0.39 is 0 Å². The summed E-state index contributed by atoms with van der Waals surface area (Å²) < 4.78 is 10.7. The Bertz CT molecular complexity index is 826. The lowest BCUT2D eigenvalue weighted by Gasteiger charge is -2.12. The molecule has 5 nitrogen and oxygen atoms in total. The first-order valence-electron chi connectivity index (χ1n) is 8.42. The number of ketones is 1. The van der Waals surface area contributed by atoms with E-state index in [4.69, 9.17) is 21.1 Å². The molecule has 0 bridgehead atoms. The van der Waals surface area contributed by atoms with Crippen molar-refractivity contribution in [3.63, 3.8) is 0 Å². The normalized spacial score (nSPS) is 10.4. The largest absolute Gasteiger partial charge is 0.495 e. The van der Waals surface area contributed by atoms with Gasteiger partial charge in [-0.25, -0.2) is 0 Å². The summed E-state index contributed by atoms with van der Waals surface area (Å²) in [6, 6.07) is 10.5. The summed E-state index contributed by atoms with van der Waals surface area (Å²) in [5.41, 5.74) is 2.14. The number of thioether (sulfide) groups is 1. The van der Waals surface area contributed by atoms with E-state index in [-0.39, 0.29) is 17.4 Å². The van der Waals surface area contributed by atoms with Crippen LogP contribution in [0.15, 0.2) is 36.4 Å². The predicted octanol–water partition coefficient (Wildman–Crippen LogP) is 4.82. The number of hydrogen-bond acceptors (Lipinski definition) is 5. The second-order valence-electron chi connectivity index (χ2n) is 5.70. The highest BCUT2D eigenvalue weighted by Gasteiger charge is 2.10. The fourth-order valence-electron chi connectivity index (χ4n) is 2.40. The van der Waals surface area contributed by atoms with E-state index in [9.17, 15) is 9.59 Å². The second kappa shape index (κ2) is 10.2. The molecule has 0 spiro atoms. The standard InChI is InChI=1S/C20H22ClNO4S/c1-4-26-18-7-5-14(13(2)23)9-15(18)11-27-12-20(24)22-16-6-8-19(25-3)17(21)10-16/h5-10H,4,11-12H2,1-3H3,(H,22,24). The number of benzene rings is 2. The van der Waals surface area contributed by atoms with Gasteiger partial charge in [-0.2, -0.15) is 0 Å². The molecular formula is C20H22ClNO4S. The monoisotopic (exact) mass is 407 g/mol. The van der Waals surface area contributed by atoms with Crippen LogP contribution >= 0.6 is 23.4 Å². The molecule has 0 atom stereocenters. The molecule has 0 aromatic heterocycles. The molecule has 0 radical (unpaired) electrons. The zero-order chi connectivity index (χ0) is 19.8. The molecule has 0 heterocycles. The quantitative estimate of drug-likeness (QED) is 0.603. The van der Waals surface area contributed by atoms with Crippen molar-refractivity contribution in [1.82, 2.24) is 0 Å². The maximum absolute atomic E-state index is 12.2. The van der Waals surface area contributed by atoms with Gasteiger partial charge in [-0.1, -0.05) is 11.6 Å². The van der Waals surface area contributed by atoms with E-state index in [1.165, 1.54) is 25.8 Å². The fourth-order valence-corrected chi connectivity index (χ4v) is 3.47. The van der Waals surface area contributed by atoms with Crippen molar-refractivity contribution in [3.05, 3.63) is 52.5 Å². The van der Waals surface area contributed by atoms with E-state index in [1.807, 2.05) is 13.0 Å². The molecular weight excluding hydrogens is 386 g/mol. The summed E-state index contributed by atoms with van der Waals surface area (Å²) in [5, 5.41) is 3.24. The van der Waals surface area contributed by atoms with Gasteiger partial charge in [0, 0.05) is 22.6 Å². The van der Waals surface area contributed by atoms with Crippen molar-refractivity contribution >= 4 is 40.7 Å².